The van der Waals surface area contributed by atoms with Crippen LogP contribution < -0.4 is 4.74 Å². The number of ether oxygens (including phenoxy) is 2. The highest BCUT2D eigenvalue weighted by Gasteiger charge is 2.30. The molecule has 2 aromatic carbocycles. The fourth-order valence-corrected chi connectivity index (χ4v) is 5.14. The van der Waals surface area contributed by atoms with Crippen LogP contribution in [0.4, 0.5) is 0 Å². The van der Waals surface area contributed by atoms with Crippen molar-refractivity contribution in [2.45, 2.75) is 70.9 Å². The number of hydrogen-bond acceptors (Lipinski definition) is 4. The lowest BCUT2D eigenvalue weighted by Gasteiger charge is -2.36. The second-order valence-corrected chi connectivity index (χ2v) is 11.6. The van der Waals surface area contributed by atoms with Crippen LogP contribution in [0.15, 0.2) is 36.4 Å². The number of halogens is 2. The molecule has 4 rings (SSSR count). The third-order valence-corrected chi connectivity index (χ3v) is 7.14. The van der Waals surface area contributed by atoms with Crippen LogP contribution in [0.5, 0.6) is 5.75 Å². The maximum absolute atomic E-state index is 12.5. The SMILES string of the molecule is CC(c1cc(Cl)cc(Cl)c1)N1CCC(COc2ccc(C(=O)OC(C)(C)C)cc2C2CC2)CC1. The number of rotatable bonds is 7. The van der Waals surface area contributed by atoms with E-state index in [0.29, 0.717) is 34.1 Å². The first kappa shape index (κ1) is 25.3. The van der Waals surface area contributed by atoms with Gasteiger partial charge in [0.05, 0.1) is 12.2 Å². The molecule has 0 amide bonds. The lowest BCUT2D eigenvalue weighted by atomic mass is 9.95. The summed E-state index contributed by atoms with van der Waals surface area (Å²) in [6.45, 7) is 10.6. The molecule has 2 aliphatic rings. The lowest BCUT2D eigenvalue weighted by Crippen LogP contribution is -2.37. The number of nitrogens with zero attached hydrogens (tertiary/aromatic N) is 1. The molecule has 1 atom stereocenters. The minimum Gasteiger partial charge on any atom is -0.493 e. The predicted molar refractivity (Wildman–Crippen MR) is 138 cm³/mol. The van der Waals surface area contributed by atoms with Gasteiger partial charge in [0, 0.05) is 16.1 Å². The first-order valence-electron chi connectivity index (χ1n) is 12.3. The minimum absolute atomic E-state index is 0.275. The zero-order valence-corrected chi connectivity index (χ0v) is 22.1. The predicted octanol–water partition coefficient (Wildman–Crippen LogP) is 7.68. The van der Waals surface area contributed by atoms with E-state index in [9.17, 15) is 4.79 Å². The standard InChI is InChI=1S/C28H35Cl2NO3/c1-18(22-13-23(29)16-24(30)14-22)31-11-9-19(10-12-31)17-33-26-8-7-21(15-25(26)20-5-6-20)27(32)34-28(2,3)4/h7-8,13-16,18-20H,5-6,9-12,17H2,1-4H3. The Balaban J connectivity index is 1.33. The molecule has 6 heteroatoms. The van der Waals surface area contributed by atoms with Crippen molar-refractivity contribution in [3.8, 4) is 5.75 Å². The number of hydrogen-bond donors (Lipinski definition) is 0. The Morgan fingerprint density at radius 3 is 2.26 bits per heavy atom. The molecule has 2 aromatic rings. The maximum Gasteiger partial charge on any atom is 0.338 e. The van der Waals surface area contributed by atoms with E-state index in [1.165, 1.54) is 0 Å². The summed E-state index contributed by atoms with van der Waals surface area (Å²) in [6, 6.07) is 11.8. The monoisotopic (exact) mass is 503 g/mol. The van der Waals surface area contributed by atoms with Crippen molar-refractivity contribution in [2.75, 3.05) is 19.7 Å². The number of carbonyl (C=O) groups is 1. The molecule has 0 spiro atoms. The molecule has 1 heterocycles. The Morgan fingerprint density at radius 2 is 1.68 bits per heavy atom. The normalized spacial score (nSPS) is 18.5. The van der Waals surface area contributed by atoms with Crippen molar-refractivity contribution in [1.82, 2.24) is 4.90 Å². The third-order valence-electron chi connectivity index (χ3n) is 6.70. The Bertz CT molecular complexity index is 1000. The largest absolute Gasteiger partial charge is 0.493 e. The summed E-state index contributed by atoms with van der Waals surface area (Å²) in [5.74, 6) is 1.65. The fourth-order valence-electron chi connectivity index (χ4n) is 4.60. The number of esters is 1. The van der Waals surface area contributed by atoms with E-state index < -0.39 is 5.60 Å². The van der Waals surface area contributed by atoms with Crippen LogP contribution in [0.3, 0.4) is 0 Å². The molecule has 0 aromatic heterocycles. The van der Waals surface area contributed by atoms with Gasteiger partial charge in [-0.05, 0) is 126 Å². The van der Waals surface area contributed by atoms with Crippen molar-refractivity contribution in [3.05, 3.63) is 63.1 Å². The molecule has 1 saturated heterocycles. The van der Waals surface area contributed by atoms with Crippen LogP contribution in [0, 0.1) is 5.92 Å². The molecule has 4 nitrogen and oxygen atoms in total. The van der Waals surface area contributed by atoms with Gasteiger partial charge in [0.15, 0.2) is 0 Å². The molecule has 1 saturated carbocycles. The molecule has 184 valence electrons. The van der Waals surface area contributed by atoms with E-state index in [-0.39, 0.29) is 12.0 Å². The van der Waals surface area contributed by atoms with E-state index in [1.807, 2.05) is 51.1 Å². The summed E-state index contributed by atoms with van der Waals surface area (Å²) in [7, 11) is 0. The summed E-state index contributed by atoms with van der Waals surface area (Å²) in [4.78, 5) is 15.0. The lowest BCUT2D eigenvalue weighted by molar-refractivity contribution is 0.00693. The van der Waals surface area contributed by atoms with Crippen molar-refractivity contribution < 1.29 is 14.3 Å². The van der Waals surface area contributed by atoms with Gasteiger partial charge in [-0.25, -0.2) is 4.79 Å². The topological polar surface area (TPSA) is 38.8 Å². The van der Waals surface area contributed by atoms with Gasteiger partial charge in [0.25, 0.3) is 0 Å². The highest BCUT2D eigenvalue weighted by molar-refractivity contribution is 6.34. The first-order chi connectivity index (χ1) is 16.1. The average Bonchev–Trinajstić information content (AvgIpc) is 3.61. The molecule has 1 aliphatic carbocycles. The molecule has 0 bridgehead atoms. The Labute approximate surface area is 213 Å². The van der Waals surface area contributed by atoms with Crippen LogP contribution in [-0.2, 0) is 4.74 Å². The van der Waals surface area contributed by atoms with Gasteiger partial charge in [-0.2, -0.15) is 0 Å². The van der Waals surface area contributed by atoms with Gasteiger partial charge in [-0.1, -0.05) is 23.2 Å². The zero-order valence-electron chi connectivity index (χ0n) is 20.6. The van der Waals surface area contributed by atoms with E-state index in [0.717, 1.165) is 55.6 Å². The van der Waals surface area contributed by atoms with Gasteiger partial charge in [-0.15, -0.1) is 0 Å². The number of carbonyl (C=O) groups excluding carboxylic acids is 1. The number of piperidine rings is 1. The van der Waals surface area contributed by atoms with Gasteiger partial charge in [0.2, 0.25) is 0 Å². The Hall–Kier alpha value is -1.75. The van der Waals surface area contributed by atoms with Crippen LogP contribution in [0.1, 0.15) is 86.8 Å². The molecular weight excluding hydrogens is 469 g/mol. The molecule has 2 fully saturated rings. The highest BCUT2D eigenvalue weighted by Crippen LogP contribution is 2.45. The van der Waals surface area contributed by atoms with E-state index in [4.69, 9.17) is 32.7 Å². The molecule has 1 aliphatic heterocycles. The van der Waals surface area contributed by atoms with Gasteiger partial charge in [-0.3, -0.25) is 4.90 Å². The molecule has 0 N–H and O–H groups in total. The van der Waals surface area contributed by atoms with Crippen LogP contribution in [0.2, 0.25) is 10.0 Å². The van der Waals surface area contributed by atoms with Crippen LogP contribution in [-0.4, -0.2) is 36.2 Å². The van der Waals surface area contributed by atoms with Gasteiger partial charge < -0.3 is 9.47 Å². The Morgan fingerprint density at radius 1 is 1.03 bits per heavy atom. The van der Waals surface area contributed by atoms with E-state index in [2.05, 4.69) is 11.8 Å². The van der Waals surface area contributed by atoms with E-state index in [1.54, 1.807) is 6.07 Å². The summed E-state index contributed by atoms with van der Waals surface area (Å²) >= 11 is 12.4. The first-order valence-corrected chi connectivity index (χ1v) is 13.0. The summed E-state index contributed by atoms with van der Waals surface area (Å²) in [5, 5.41) is 1.36. The van der Waals surface area contributed by atoms with E-state index >= 15 is 0 Å². The summed E-state index contributed by atoms with van der Waals surface area (Å²) < 4.78 is 11.9. The zero-order chi connectivity index (χ0) is 24.5. The smallest absolute Gasteiger partial charge is 0.338 e. The molecular formula is C28H35Cl2NO3. The molecule has 1 unspecified atom stereocenters. The second-order valence-electron chi connectivity index (χ2n) is 10.7. The van der Waals surface area contributed by atoms with Gasteiger partial charge in [0.1, 0.15) is 11.4 Å². The van der Waals surface area contributed by atoms with Crippen LogP contribution in [0.25, 0.3) is 0 Å². The quantitative estimate of drug-likeness (QED) is 0.363. The molecule has 0 radical (unpaired) electrons. The molecule has 34 heavy (non-hydrogen) atoms. The summed E-state index contributed by atoms with van der Waals surface area (Å²) in [5.41, 5.74) is 2.41. The summed E-state index contributed by atoms with van der Waals surface area (Å²) in [6.07, 6.45) is 4.48. The Kier molecular flexibility index (Phi) is 7.81. The van der Waals surface area contributed by atoms with Gasteiger partial charge >= 0.3 is 5.97 Å². The van der Waals surface area contributed by atoms with Crippen molar-refractivity contribution in [2.24, 2.45) is 5.92 Å². The average molecular weight is 504 g/mol. The van der Waals surface area contributed by atoms with Crippen molar-refractivity contribution in [3.63, 3.8) is 0 Å². The minimum atomic E-state index is -0.503. The van der Waals surface area contributed by atoms with Crippen molar-refractivity contribution >= 4 is 29.2 Å². The second kappa shape index (κ2) is 10.5. The third kappa shape index (κ3) is 6.68. The highest BCUT2D eigenvalue weighted by atomic mass is 35.5. The van der Waals surface area contributed by atoms with Crippen LogP contribution >= 0.6 is 23.2 Å². The number of likely N-dealkylation sites (tertiary alicyclic amines) is 1. The fraction of sp³-hybridized carbons (Fsp3) is 0.536. The van der Waals surface area contributed by atoms with Crippen molar-refractivity contribution in [1.29, 1.82) is 0 Å². The maximum atomic E-state index is 12.5. The number of benzene rings is 2.